The minimum atomic E-state index is 0.538. The zero-order chi connectivity index (χ0) is 11.8. The van der Waals surface area contributed by atoms with Crippen molar-refractivity contribution in [2.45, 2.75) is 26.3 Å². The Balaban J connectivity index is 1.79. The van der Waals surface area contributed by atoms with E-state index in [4.69, 9.17) is 0 Å². The van der Waals surface area contributed by atoms with Crippen LogP contribution in [0.25, 0.3) is 0 Å². The van der Waals surface area contributed by atoms with Gasteiger partial charge < -0.3 is 10.6 Å². The van der Waals surface area contributed by atoms with Gasteiger partial charge in [0.25, 0.3) is 0 Å². The van der Waals surface area contributed by atoms with E-state index in [-0.39, 0.29) is 0 Å². The van der Waals surface area contributed by atoms with E-state index in [0.717, 1.165) is 25.4 Å². The SMILES string of the molecule is Cc1ccc(CC2NCC3CNC=C32)c(C)c1. The minimum absolute atomic E-state index is 0.538. The number of hydrogen-bond donors (Lipinski definition) is 2. The number of nitrogens with one attached hydrogen (secondary N) is 2. The zero-order valence-electron chi connectivity index (χ0n) is 10.6. The van der Waals surface area contributed by atoms with Crippen LogP contribution < -0.4 is 10.6 Å². The Morgan fingerprint density at radius 3 is 2.94 bits per heavy atom. The van der Waals surface area contributed by atoms with Crippen LogP contribution in [0.5, 0.6) is 0 Å². The van der Waals surface area contributed by atoms with Gasteiger partial charge in [0.15, 0.2) is 0 Å². The summed E-state index contributed by atoms with van der Waals surface area (Å²) in [6.45, 7) is 6.63. The highest BCUT2D eigenvalue weighted by Crippen LogP contribution is 2.27. The van der Waals surface area contributed by atoms with Gasteiger partial charge in [-0.1, -0.05) is 23.8 Å². The van der Waals surface area contributed by atoms with E-state index in [0.29, 0.717) is 6.04 Å². The van der Waals surface area contributed by atoms with Crippen molar-refractivity contribution in [3.8, 4) is 0 Å². The molecule has 2 aliphatic heterocycles. The van der Waals surface area contributed by atoms with Gasteiger partial charge in [0.2, 0.25) is 0 Å². The molecule has 2 aliphatic rings. The molecule has 2 nitrogen and oxygen atoms in total. The van der Waals surface area contributed by atoms with Crippen molar-refractivity contribution in [2.24, 2.45) is 5.92 Å². The normalized spacial score (nSPS) is 26.6. The van der Waals surface area contributed by atoms with Crippen molar-refractivity contribution in [2.75, 3.05) is 13.1 Å². The minimum Gasteiger partial charge on any atom is -0.390 e. The molecule has 2 heteroatoms. The van der Waals surface area contributed by atoms with Gasteiger partial charge in [-0.2, -0.15) is 0 Å². The summed E-state index contributed by atoms with van der Waals surface area (Å²) in [7, 11) is 0. The lowest BCUT2D eigenvalue weighted by atomic mass is 9.94. The number of fused-ring (bicyclic) bond motifs is 1. The second-order valence-electron chi connectivity index (χ2n) is 5.34. The van der Waals surface area contributed by atoms with Crippen LogP contribution in [0, 0.1) is 19.8 Å². The molecule has 0 radical (unpaired) electrons. The molecule has 0 aliphatic carbocycles. The molecule has 0 amide bonds. The molecule has 2 unspecified atom stereocenters. The van der Waals surface area contributed by atoms with E-state index in [2.05, 4.69) is 48.9 Å². The maximum Gasteiger partial charge on any atom is 0.0341 e. The number of aryl methyl sites for hydroxylation is 2. The van der Waals surface area contributed by atoms with Crippen molar-refractivity contribution < 1.29 is 0 Å². The second kappa shape index (κ2) is 4.19. The lowest BCUT2D eigenvalue weighted by Crippen LogP contribution is -2.26. The first kappa shape index (κ1) is 10.8. The molecule has 1 aromatic rings. The van der Waals surface area contributed by atoms with Crippen LogP contribution in [0.3, 0.4) is 0 Å². The van der Waals surface area contributed by atoms with Gasteiger partial charge in [-0.15, -0.1) is 0 Å². The highest BCUT2D eigenvalue weighted by atomic mass is 15.0. The average Bonchev–Trinajstić information content (AvgIpc) is 2.86. The van der Waals surface area contributed by atoms with Gasteiger partial charge in [0, 0.05) is 25.0 Å². The smallest absolute Gasteiger partial charge is 0.0341 e. The van der Waals surface area contributed by atoms with Gasteiger partial charge in [-0.3, -0.25) is 0 Å². The first-order valence-electron chi connectivity index (χ1n) is 6.47. The molecule has 0 bridgehead atoms. The molecular formula is C15H20N2. The third kappa shape index (κ3) is 1.98. The second-order valence-corrected chi connectivity index (χ2v) is 5.34. The van der Waals surface area contributed by atoms with Crippen LogP contribution in [0.4, 0.5) is 0 Å². The van der Waals surface area contributed by atoms with E-state index in [1.54, 1.807) is 5.57 Å². The Hall–Kier alpha value is -1.28. The summed E-state index contributed by atoms with van der Waals surface area (Å²) in [4.78, 5) is 0. The summed E-state index contributed by atoms with van der Waals surface area (Å²) >= 11 is 0. The van der Waals surface area contributed by atoms with Crippen LogP contribution in [-0.4, -0.2) is 19.1 Å². The zero-order valence-corrected chi connectivity index (χ0v) is 10.6. The topological polar surface area (TPSA) is 24.1 Å². The van der Waals surface area contributed by atoms with Gasteiger partial charge >= 0.3 is 0 Å². The average molecular weight is 228 g/mol. The van der Waals surface area contributed by atoms with Crippen molar-refractivity contribution in [3.05, 3.63) is 46.7 Å². The highest BCUT2D eigenvalue weighted by molar-refractivity contribution is 5.34. The summed E-state index contributed by atoms with van der Waals surface area (Å²) < 4.78 is 0. The van der Waals surface area contributed by atoms with Crippen LogP contribution in [-0.2, 0) is 6.42 Å². The molecule has 2 N–H and O–H groups in total. The predicted molar refractivity (Wildman–Crippen MR) is 71.0 cm³/mol. The van der Waals surface area contributed by atoms with Crippen LogP contribution in [0.2, 0.25) is 0 Å². The fraction of sp³-hybridized carbons (Fsp3) is 0.467. The van der Waals surface area contributed by atoms with E-state index in [9.17, 15) is 0 Å². The summed E-state index contributed by atoms with van der Waals surface area (Å²) in [5.74, 6) is 0.728. The fourth-order valence-electron chi connectivity index (χ4n) is 3.02. The molecule has 1 fully saturated rings. The van der Waals surface area contributed by atoms with Gasteiger partial charge in [0.05, 0.1) is 0 Å². The fourth-order valence-corrected chi connectivity index (χ4v) is 3.02. The molecule has 17 heavy (non-hydrogen) atoms. The summed E-state index contributed by atoms with van der Waals surface area (Å²) in [6.07, 6.45) is 3.34. The standard InChI is InChI=1S/C15H20N2/c1-10-3-4-12(11(2)5-10)6-15-14-9-16-7-13(14)8-17-15/h3-5,9,13,15-17H,6-8H2,1-2H3. The largest absolute Gasteiger partial charge is 0.390 e. The number of hydrogen-bond acceptors (Lipinski definition) is 2. The lowest BCUT2D eigenvalue weighted by molar-refractivity contribution is 0.620. The molecule has 0 saturated carbocycles. The van der Waals surface area contributed by atoms with Crippen molar-refractivity contribution >= 4 is 0 Å². The van der Waals surface area contributed by atoms with Gasteiger partial charge in [-0.05, 0) is 43.2 Å². The molecule has 90 valence electrons. The quantitative estimate of drug-likeness (QED) is 0.808. The summed E-state index contributed by atoms with van der Waals surface area (Å²) in [5, 5.41) is 7.00. The Morgan fingerprint density at radius 1 is 1.24 bits per heavy atom. The lowest BCUT2D eigenvalue weighted by Gasteiger charge is -2.14. The van der Waals surface area contributed by atoms with E-state index < -0.39 is 0 Å². The first-order valence-corrected chi connectivity index (χ1v) is 6.47. The van der Waals surface area contributed by atoms with Gasteiger partial charge in [-0.25, -0.2) is 0 Å². The molecule has 2 heterocycles. The highest BCUT2D eigenvalue weighted by Gasteiger charge is 2.32. The Kier molecular flexibility index (Phi) is 2.67. The third-order valence-corrected chi connectivity index (χ3v) is 4.04. The van der Waals surface area contributed by atoms with Crippen LogP contribution >= 0.6 is 0 Å². The molecule has 2 atom stereocenters. The molecule has 0 spiro atoms. The predicted octanol–water partition coefficient (Wildman–Crippen LogP) is 1.92. The van der Waals surface area contributed by atoms with Crippen molar-refractivity contribution in [1.82, 2.24) is 10.6 Å². The van der Waals surface area contributed by atoms with E-state index >= 15 is 0 Å². The maximum atomic E-state index is 3.64. The molecule has 0 aromatic heterocycles. The first-order chi connectivity index (χ1) is 8.24. The summed E-state index contributed by atoms with van der Waals surface area (Å²) in [6, 6.07) is 7.32. The number of rotatable bonds is 2. The molecular weight excluding hydrogens is 208 g/mol. The van der Waals surface area contributed by atoms with Gasteiger partial charge in [0.1, 0.15) is 0 Å². The monoisotopic (exact) mass is 228 g/mol. The third-order valence-electron chi connectivity index (χ3n) is 4.04. The number of benzene rings is 1. The van der Waals surface area contributed by atoms with Crippen molar-refractivity contribution in [1.29, 1.82) is 0 Å². The van der Waals surface area contributed by atoms with Crippen molar-refractivity contribution in [3.63, 3.8) is 0 Å². The Morgan fingerprint density at radius 2 is 2.12 bits per heavy atom. The summed E-state index contributed by atoms with van der Waals surface area (Å²) in [5.41, 5.74) is 5.82. The van der Waals surface area contributed by atoms with Crippen LogP contribution in [0.1, 0.15) is 16.7 Å². The maximum absolute atomic E-state index is 3.64. The Bertz CT molecular complexity index is 462. The molecule has 3 rings (SSSR count). The van der Waals surface area contributed by atoms with Crippen LogP contribution in [0.15, 0.2) is 30.0 Å². The van der Waals surface area contributed by atoms with E-state index in [1.807, 2.05) is 0 Å². The molecule has 1 saturated heterocycles. The van der Waals surface area contributed by atoms with E-state index in [1.165, 1.54) is 16.7 Å². The molecule has 1 aromatic carbocycles. The Labute approximate surface area is 103 Å².